The molecular weight excluding hydrogens is 294 g/mol. The fourth-order valence-corrected chi connectivity index (χ4v) is 2.80. The Morgan fingerprint density at radius 3 is 2.17 bits per heavy atom. The van der Waals surface area contributed by atoms with Crippen molar-refractivity contribution in [3.63, 3.8) is 0 Å². The van der Waals surface area contributed by atoms with Gasteiger partial charge in [-0.05, 0) is 38.1 Å². The second-order valence-electron chi connectivity index (χ2n) is 6.09. The second kappa shape index (κ2) is 5.85. The van der Waals surface area contributed by atoms with Gasteiger partial charge in [-0.3, -0.25) is 4.40 Å². The largest absolute Gasteiger partial charge is 0.339 e. The van der Waals surface area contributed by atoms with Crippen LogP contribution < -0.4 is 5.32 Å². The van der Waals surface area contributed by atoms with E-state index < -0.39 is 0 Å². The van der Waals surface area contributed by atoms with Gasteiger partial charge in [-0.15, -0.1) is 0 Å². The molecule has 0 radical (unpaired) electrons. The van der Waals surface area contributed by atoms with Gasteiger partial charge in [-0.1, -0.05) is 53.6 Å². The normalized spacial score (nSPS) is 10.9. The van der Waals surface area contributed by atoms with Gasteiger partial charge in [-0.2, -0.15) is 0 Å². The summed E-state index contributed by atoms with van der Waals surface area (Å²) in [5.74, 6) is 0.985. The molecule has 0 unspecified atom stereocenters. The van der Waals surface area contributed by atoms with Crippen molar-refractivity contribution in [2.75, 3.05) is 5.32 Å². The molecule has 2 aromatic heterocycles. The highest BCUT2D eigenvalue weighted by atomic mass is 15.1. The zero-order valence-electron chi connectivity index (χ0n) is 13.8. The lowest BCUT2D eigenvalue weighted by Crippen LogP contribution is -1.96. The van der Waals surface area contributed by atoms with E-state index in [1.807, 2.05) is 24.4 Å². The smallest absolute Gasteiger partial charge is 0.143 e. The average molecular weight is 313 g/mol. The van der Waals surface area contributed by atoms with Gasteiger partial charge in [-0.25, -0.2) is 4.98 Å². The molecule has 2 heterocycles. The highest BCUT2D eigenvalue weighted by molar-refractivity contribution is 5.79. The molecule has 0 amide bonds. The first-order valence-electron chi connectivity index (χ1n) is 8.08. The van der Waals surface area contributed by atoms with Crippen molar-refractivity contribution in [3.05, 3.63) is 84.1 Å². The van der Waals surface area contributed by atoms with Crippen LogP contribution in [0.3, 0.4) is 0 Å². The Kier molecular flexibility index (Phi) is 3.54. The zero-order valence-corrected chi connectivity index (χ0v) is 13.8. The number of imidazole rings is 1. The summed E-state index contributed by atoms with van der Waals surface area (Å²) in [4.78, 5) is 4.83. The minimum Gasteiger partial charge on any atom is -0.339 e. The fraction of sp³-hybridized carbons (Fsp3) is 0.0952. The number of pyridine rings is 1. The SMILES string of the molecule is Cc1ccc(Nc2c(-c3ccc(C)cc3)nc3ccccn23)cc1. The number of nitrogens with one attached hydrogen (secondary N) is 1. The van der Waals surface area contributed by atoms with E-state index in [2.05, 4.69) is 72.1 Å². The van der Waals surface area contributed by atoms with Crippen LogP contribution in [0.2, 0.25) is 0 Å². The summed E-state index contributed by atoms with van der Waals surface area (Å²) in [6.07, 6.45) is 2.04. The van der Waals surface area contributed by atoms with E-state index in [4.69, 9.17) is 4.98 Å². The van der Waals surface area contributed by atoms with E-state index in [9.17, 15) is 0 Å². The highest BCUT2D eigenvalue weighted by Crippen LogP contribution is 2.31. The molecule has 0 bridgehead atoms. The van der Waals surface area contributed by atoms with Crippen LogP contribution in [-0.2, 0) is 0 Å². The molecule has 0 aliphatic rings. The standard InChI is InChI=1S/C21H19N3/c1-15-6-10-17(11-7-15)20-21(22-18-12-8-16(2)9-13-18)24-14-4-3-5-19(24)23-20/h3-14,22H,1-2H3. The first-order valence-corrected chi connectivity index (χ1v) is 8.08. The number of nitrogens with zero attached hydrogens (tertiary/aromatic N) is 2. The average Bonchev–Trinajstić information content (AvgIpc) is 2.96. The zero-order chi connectivity index (χ0) is 16.5. The molecule has 0 spiro atoms. The molecule has 0 fully saturated rings. The number of rotatable bonds is 3. The summed E-state index contributed by atoms with van der Waals surface area (Å²) < 4.78 is 2.09. The van der Waals surface area contributed by atoms with Crippen molar-refractivity contribution in [1.82, 2.24) is 9.38 Å². The number of aromatic nitrogens is 2. The summed E-state index contributed by atoms with van der Waals surface area (Å²) in [6.45, 7) is 4.19. The molecule has 4 aromatic rings. The van der Waals surface area contributed by atoms with E-state index in [0.29, 0.717) is 0 Å². The van der Waals surface area contributed by atoms with Gasteiger partial charge in [0.05, 0.1) is 0 Å². The maximum atomic E-state index is 4.83. The third-order valence-electron chi connectivity index (χ3n) is 4.17. The van der Waals surface area contributed by atoms with E-state index in [1.54, 1.807) is 0 Å². The van der Waals surface area contributed by atoms with Crippen molar-refractivity contribution < 1.29 is 0 Å². The topological polar surface area (TPSA) is 29.3 Å². The van der Waals surface area contributed by atoms with Crippen molar-refractivity contribution in [2.24, 2.45) is 0 Å². The third-order valence-corrected chi connectivity index (χ3v) is 4.17. The third kappa shape index (κ3) is 2.65. The van der Waals surface area contributed by atoms with Crippen molar-refractivity contribution in [2.45, 2.75) is 13.8 Å². The van der Waals surface area contributed by atoms with Crippen molar-refractivity contribution in [3.8, 4) is 11.3 Å². The predicted octanol–water partition coefficient (Wildman–Crippen LogP) is 5.36. The van der Waals surface area contributed by atoms with E-state index in [1.165, 1.54) is 11.1 Å². The molecule has 0 aliphatic carbocycles. The van der Waals surface area contributed by atoms with Crippen molar-refractivity contribution >= 4 is 17.2 Å². The summed E-state index contributed by atoms with van der Waals surface area (Å²) >= 11 is 0. The molecule has 24 heavy (non-hydrogen) atoms. The first-order chi connectivity index (χ1) is 11.7. The maximum Gasteiger partial charge on any atom is 0.143 e. The number of hydrogen-bond acceptors (Lipinski definition) is 2. The second-order valence-corrected chi connectivity index (χ2v) is 6.09. The fourth-order valence-electron chi connectivity index (χ4n) is 2.80. The molecule has 2 aromatic carbocycles. The van der Waals surface area contributed by atoms with Gasteiger partial charge < -0.3 is 5.32 Å². The van der Waals surface area contributed by atoms with Crippen LogP contribution in [0.15, 0.2) is 72.9 Å². The quantitative estimate of drug-likeness (QED) is 0.551. The number of aryl methyl sites for hydroxylation is 2. The Morgan fingerprint density at radius 1 is 0.792 bits per heavy atom. The molecule has 0 aliphatic heterocycles. The van der Waals surface area contributed by atoms with E-state index in [0.717, 1.165) is 28.4 Å². The minimum absolute atomic E-state index is 0.933. The summed E-state index contributed by atoms with van der Waals surface area (Å²) in [7, 11) is 0. The lowest BCUT2D eigenvalue weighted by Gasteiger charge is -2.09. The monoisotopic (exact) mass is 313 g/mol. The van der Waals surface area contributed by atoms with Crippen LogP contribution in [0.5, 0.6) is 0 Å². The molecule has 1 N–H and O–H groups in total. The number of benzene rings is 2. The molecule has 0 saturated heterocycles. The van der Waals surface area contributed by atoms with E-state index in [-0.39, 0.29) is 0 Å². The van der Waals surface area contributed by atoms with Gasteiger partial charge in [0.15, 0.2) is 0 Å². The van der Waals surface area contributed by atoms with Gasteiger partial charge >= 0.3 is 0 Å². The van der Waals surface area contributed by atoms with Crippen LogP contribution in [0.4, 0.5) is 11.5 Å². The maximum absolute atomic E-state index is 4.83. The Hall–Kier alpha value is -3.07. The summed E-state index contributed by atoms with van der Waals surface area (Å²) in [5.41, 5.74) is 6.55. The minimum atomic E-state index is 0.933. The first kappa shape index (κ1) is 14.5. The Labute approximate surface area is 141 Å². The van der Waals surface area contributed by atoms with E-state index >= 15 is 0 Å². The predicted molar refractivity (Wildman–Crippen MR) is 99.8 cm³/mol. The van der Waals surface area contributed by atoms with Gasteiger partial charge in [0.2, 0.25) is 0 Å². The Morgan fingerprint density at radius 2 is 1.46 bits per heavy atom. The molecule has 118 valence electrons. The molecule has 4 rings (SSSR count). The number of hydrogen-bond donors (Lipinski definition) is 1. The van der Waals surface area contributed by atoms with Crippen LogP contribution in [0.25, 0.3) is 16.9 Å². The Bertz CT molecular complexity index is 980. The van der Waals surface area contributed by atoms with Gasteiger partial charge in [0, 0.05) is 17.4 Å². The van der Waals surface area contributed by atoms with Gasteiger partial charge in [0.1, 0.15) is 17.2 Å². The molecule has 3 heteroatoms. The van der Waals surface area contributed by atoms with Crippen LogP contribution in [-0.4, -0.2) is 9.38 Å². The highest BCUT2D eigenvalue weighted by Gasteiger charge is 2.14. The molecule has 0 saturated carbocycles. The number of fused-ring (bicyclic) bond motifs is 1. The van der Waals surface area contributed by atoms with Crippen LogP contribution in [0.1, 0.15) is 11.1 Å². The summed E-state index contributed by atoms with van der Waals surface area (Å²) in [5, 5.41) is 3.54. The number of anilines is 2. The lowest BCUT2D eigenvalue weighted by atomic mass is 10.1. The van der Waals surface area contributed by atoms with Crippen LogP contribution in [0, 0.1) is 13.8 Å². The van der Waals surface area contributed by atoms with Crippen molar-refractivity contribution in [1.29, 1.82) is 0 Å². The molecule has 3 nitrogen and oxygen atoms in total. The molecular formula is C21H19N3. The van der Waals surface area contributed by atoms with Crippen LogP contribution >= 0.6 is 0 Å². The van der Waals surface area contributed by atoms with Gasteiger partial charge in [0.25, 0.3) is 0 Å². The lowest BCUT2D eigenvalue weighted by molar-refractivity contribution is 1.18. The molecule has 0 atom stereocenters. The Balaban J connectivity index is 1.86. The summed E-state index contributed by atoms with van der Waals surface area (Å²) in [6, 6.07) is 22.9.